The molecule has 1 aromatic heterocycles. The van der Waals surface area contributed by atoms with Crippen LogP contribution in [0.4, 0.5) is 0 Å². The van der Waals surface area contributed by atoms with Crippen LogP contribution in [0.3, 0.4) is 0 Å². The lowest BCUT2D eigenvalue weighted by molar-refractivity contribution is 0.535. The van der Waals surface area contributed by atoms with Crippen molar-refractivity contribution in [3.63, 3.8) is 0 Å². The predicted molar refractivity (Wildman–Crippen MR) is 85.0 cm³/mol. The molecule has 1 heterocycles. The van der Waals surface area contributed by atoms with Gasteiger partial charge in [-0.05, 0) is 41.8 Å². The summed E-state index contributed by atoms with van der Waals surface area (Å²) in [7, 11) is -3.31. The number of rotatable bonds is 7. The summed E-state index contributed by atoms with van der Waals surface area (Å²) in [5.41, 5.74) is 2.89. The maximum atomic E-state index is 12.4. The maximum Gasteiger partial charge on any atom is 0.166 e. The van der Waals surface area contributed by atoms with Gasteiger partial charge in [-0.1, -0.05) is 37.1 Å². The summed E-state index contributed by atoms with van der Waals surface area (Å²) in [6.07, 6.45) is 1.93. The minimum atomic E-state index is -3.31. The molecule has 7 heteroatoms. The van der Waals surface area contributed by atoms with Crippen molar-refractivity contribution in [1.29, 1.82) is 0 Å². The topological polar surface area (TPSA) is 77.7 Å². The Kier molecular flexibility index (Phi) is 5.28. The van der Waals surface area contributed by atoms with E-state index < -0.39 is 9.84 Å². The van der Waals surface area contributed by atoms with E-state index in [-0.39, 0.29) is 11.5 Å². The predicted octanol–water partition coefficient (Wildman–Crippen LogP) is 2.21. The van der Waals surface area contributed by atoms with Crippen LogP contribution in [-0.4, -0.2) is 28.6 Å². The van der Waals surface area contributed by atoms with Gasteiger partial charge in [-0.3, -0.25) is 0 Å². The van der Waals surface area contributed by atoms with E-state index in [4.69, 9.17) is 0 Å². The number of aryl methyl sites for hydroxylation is 3. The molecule has 0 saturated heterocycles. The molecule has 0 radical (unpaired) electrons. The highest BCUT2D eigenvalue weighted by Crippen LogP contribution is 2.16. The summed E-state index contributed by atoms with van der Waals surface area (Å²) in [6.45, 7) is 6.61. The minimum absolute atomic E-state index is 0.0150. The molecule has 6 nitrogen and oxygen atoms in total. The maximum absolute atomic E-state index is 12.4. The number of aromatic nitrogens is 4. The quantitative estimate of drug-likeness (QED) is 0.781. The van der Waals surface area contributed by atoms with Crippen LogP contribution in [0, 0.1) is 13.8 Å². The lowest BCUT2D eigenvalue weighted by Gasteiger charge is -2.08. The first-order chi connectivity index (χ1) is 10.4. The van der Waals surface area contributed by atoms with Gasteiger partial charge in [-0.25, -0.2) is 13.1 Å². The van der Waals surface area contributed by atoms with Gasteiger partial charge in [0.25, 0.3) is 0 Å². The monoisotopic (exact) mass is 322 g/mol. The van der Waals surface area contributed by atoms with Gasteiger partial charge >= 0.3 is 0 Å². The molecule has 22 heavy (non-hydrogen) atoms. The fraction of sp³-hybridized carbons (Fsp3) is 0.533. The Bertz CT molecular complexity index is 738. The first-order valence-corrected chi connectivity index (χ1v) is 9.25. The van der Waals surface area contributed by atoms with Crippen molar-refractivity contribution >= 4 is 9.84 Å². The van der Waals surface area contributed by atoms with Crippen molar-refractivity contribution < 1.29 is 8.42 Å². The average Bonchev–Trinajstić information content (AvgIpc) is 2.86. The molecule has 0 aliphatic rings. The first kappa shape index (κ1) is 16.6. The van der Waals surface area contributed by atoms with Gasteiger partial charge in [0.2, 0.25) is 0 Å². The number of hydrogen-bond acceptors (Lipinski definition) is 5. The Balaban J connectivity index is 2.14. The van der Waals surface area contributed by atoms with E-state index in [1.807, 2.05) is 32.0 Å². The molecular formula is C15H22N4O2S. The number of benzene rings is 1. The molecule has 1 aromatic carbocycles. The first-order valence-electron chi connectivity index (χ1n) is 7.43. The molecule has 0 saturated carbocycles. The average molecular weight is 322 g/mol. The van der Waals surface area contributed by atoms with E-state index >= 15 is 0 Å². The van der Waals surface area contributed by atoms with E-state index in [9.17, 15) is 8.42 Å². The molecule has 2 aromatic rings. The fourth-order valence-corrected chi connectivity index (χ4v) is 3.74. The van der Waals surface area contributed by atoms with E-state index in [1.54, 1.807) is 4.68 Å². The zero-order valence-electron chi connectivity index (χ0n) is 13.3. The Morgan fingerprint density at radius 2 is 1.95 bits per heavy atom. The lowest BCUT2D eigenvalue weighted by Crippen LogP contribution is -2.14. The Morgan fingerprint density at radius 3 is 2.68 bits per heavy atom. The van der Waals surface area contributed by atoms with Crippen LogP contribution in [0.5, 0.6) is 0 Å². The van der Waals surface area contributed by atoms with Crippen molar-refractivity contribution in [1.82, 2.24) is 20.2 Å². The fourth-order valence-electron chi connectivity index (χ4n) is 2.25. The molecule has 0 aliphatic heterocycles. The largest absolute Gasteiger partial charge is 0.229 e. The van der Waals surface area contributed by atoms with Crippen molar-refractivity contribution in [2.45, 2.75) is 51.7 Å². The number of sulfone groups is 1. The number of unbranched alkanes of at least 4 members (excludes halogenated alkanes) is 1. The number of tetrazole rings is 1. The van der Waals surface area contributed by atoms with E-state index in [0.717, 1.165) is 29.5 Å². The van der Waals surface area contributed by atoms with E-state index in [1.165, 1.54) is 0 Å². The Morgan fingerprint density at radius 1 is 1.18 bits per heavy atom. The third kappa shape index (κ3) is 4.37. The molecule has 0 amide bonds. The molecule has 120 valence electrons. The third-order valence-corrected chi connectivity index (χ3v) is 5.01. The van der Waals surface area contributed by atoms with Crippen LogP contribution in [-0.2, 0) is 27.9 Å². The number of hydrogen-bond donors (Lipinski definition) is 0. The van der Waals surface area contributed by atoms with Gasteiger partial charge < -0.3 is 0 Å². The van der Waals surface area contributed by atoms with E-state index in [2.05, 4.69) is 22.4 Å². The standard InChI is InChI=1S/C15H22N4O2S/c1-4-5-8-19-15(16-17-18-19)11-22(20,21)10-14-9-12(2)6-7-13(14)3/h6-7,9H,4-5,8,10-11H2,1-3H3. The van der Waals surface area contributed by atoms with Crippen LogP contribution in [0.2, 0.25) is 0 Å². The van der Waals surface area contributed by atoms with Gasteiger partial charge in [0.15, 0.2) is 15.7 Å². The molecule has 0 spiro atoms. The summed E-state index contributed by atoms with van der Waals surface area (Å²) in [5.74, 6) is 0.303. The second-order valence-corrected chi connectivity index (χ2v) is 7.70. The molecule has 0 aliphatic carbocycles. The summed E-state index contributed by atoms with van der Waals surface area (Å²) in [4.78, 5) is 0. The van der Waals surface area contributed by atoms with Crippen LogP contribution in [0.25, 0.3) is 0 Å². The summed E-state index contributed by atoms with van der Waals surface area (Å²) < 4.78 is 26.5. The van der Waals surface area contributed by atoms with Gasteiger partial charge in [-0.15, -0.1) is 5.10 Å². The third-order valence-electron chi connectivity index (χ3n) is 3.56. The van der Waals surface area contributed by atoms with Gasteiger partial charge in [0.1, 0.15) is 5.75 Å². The Labute approximate surface area is 131 Å². The van der Waals surface area contributed by atoms with Crippen molar-refractivity contribution in [2.24, 2.45) is 0 Å². The van der Waals surface area contributed by atoms with Crippen LogP contribution < -0.4 is 0 Å². The van der Waals surface area contributed by atoms with Crippen LogP contribution in [0.1, 0.15) is 42.3 Å². The minimum Gasteiger partial charge on any atom is -0.229 e. The van der Waals surface area contributed by atoms with Crippen molar-refractivity contribution in [2.75, 3.05) is 0 Å². The van der Waals surface area contributed by atoms with Crippen molar-refractivity contribution in [3.8, 4) is 0 Å². The summed E-state index contributed by atoms with van der Waals surface area (Å²) in [6, 6.07) is 5.86. The summed E-state index contributed by atoms with van der Waals surface area (Å²) in [5, 5.41) is 11.3. The summed E-state index contributed by atoms with van der Waals surface area (Å²) >= 11 is 0. The highest BCUT2D eigenvalue weighted by Gasteiger charge is 2.19. The van der Waals surface area contributed by atoms with Crippen LogP contribution >= 0.6 is 0 Å². The zero-order chi connectivity index (χ0) is 16.2. The SMILES string of the molecule is CCCCn1nnnc1CS(=O)(=O)Cc1cc(C)ccc1C. The van der Waals surface area contributed by atoms with Crippen LogP contribution in [0.15, 0.2) is 18.2 Å². The molecule has 2 rings (SSSR count). The van der Waals surface area contributed by atoms with Gasteiger partial charge in [0.05, 0.1) is 5.75 Å². The highest BCUT2D eigenvalue weighted by atomic mass is 32.2. The Hall–Kier alpha value is -1.76. The van der Waals surface area contributed by atoms with Gasteiger partial charge in [0, 0.05) is 6.54 Å². The molecule has 0 N–H and O–H groups in total. The van der Waals surface area contributed by atoms with E-state index in [0.29, 0.717) is 12.4 Å². The normalized spacial score (nSPS) is 11.8. The lowest BCUT2D eigenvalue weighted by atomic mass is 10.1. The number of nitrogens with zero attached hydrogens (tertiary/aromatic N) is 4. The second kappa shape index (κ2) is 7.00. The molecule has 0 bridgehead atoms. The smallest absolute Gasteiger partial charge is 0.166 e. The molecule has 0 fully saturated rings. The second-order valence-electron chi connectivity index (χ2n) is 5.63. The molecular weight excluding hydrogens is 300 g/mol. The van der Waals surface area contributed by atoms with Crippen molar-refractivity contribution in [3.05, 3.63) is 40.7 Å². The highest BCUT2D eigenvalue weighted by molar-refractivity contribution is 7.89. The molecule has 0 atom stereocenters. The van der Waals surface area contributed by atoms with Gasteiger partial charge in [-0.2, -0.15) is 0 Å². The zero-order valence-corrected chi connectivity index (χ0v) is 14.1. The molecule has 0 unspecified atom stereocenters.